The van der Waals surface area contributed by atoms with E-state index in [0.717, 1.165) is 0 Å². The molecule has 0 bridgehead atoms. The third-order valence-corrected chi connectivity index (χ3v) is 8.98. The van der Waals surface area contributed by atoms with Crippen molar-refractivity contribution in [3.63, 3.8) is 0 Å². The van der Waals surface area contributed by atoms with Gasteiger partial charge in [-0.05, 0) is 60.7 Å². The molecule has 0 amide bonds. The summed E-state index contributed by atoms with van der Waals surface area (Å²) in [5.74, 6) is 2.61. The number of benzene rings is 4. The second kappa shape index (κ2) is 13.3. The number of nitrogens with zero attached hydrogens (tertiary/aromatic N) is 4. The summed E-state index contributed by atoms with van der Waals surface area (Å²) in [5, 5.41) is 22.5. The van der Waals surface area contributed by atoms with E-state index >= 15 is 0 Å². The zero-order chi connectivity index (χ0) is 36.7. The van der Waals surface area contributed by atoms with Crippen LogP contribution in [0.2, 0.25) is 0 Å². The van der Waals surface area contributed by atoms with E-state index in [1.807, 2.05) is 0 Å². The minimum Gasteiger partial charge on any atom is -0.493 e. The summed E-state index contributed by atoms with van der Waals surface area (Å²) in [6.07, 6.45) is 0. The lowest BCUT2D eigenvalue weighted by Crippen LogP contribution is -2.17. The molecule has 0 aliphatic carbocycles. The van der Waals surface area contributed by atoms with Gasteiger partial charge in [0.25, 0.3) is 0 Å². The molecule has 4 heterocycles. The first-order valence-electron chi connectivity index (χ1n) is 15.6. The van der Waals surface area contributed by atoms with E-state index in [9.17, 15) is 8.42 Å². The molecule has 8 rings (SSSR count). The van der Waals surface area contributed by atoms with Gasteiger partial charge in [0, 0.05) is 22.3 Å². The standard InChI is InChI=1S/C34H28N6O12S/c1-43-21-7-5-17(29-31(37-39-35-29)19-11-25(45-3)33-27(13-19)47-15-49-33)9-23(21)51-53(41,42)52-24-10-18(6-8-22(24)44-2)30-32(38-40-36-30)20-12-26(46-4)34-28(14-20)48-16-50-34/h5-14H,15-16H2,1-4H3,(H,35,37,39)(H,36,38,40). The predicted molar refractivity (Wildman–Crippen MR) is 183 cm³/mol. The quantitative estimate of drug-likeness (QED) is 0.173. The molecule has 0 fully saturated rings. The first-order valence-corrected chi connectivity index (χ1v) is 16.9. The molecular weight excluding hydrogens is 716 g/mol. The lowest BCUT2D eigenvalue weighted by molar-refractivity contribution is 0.171. The molecule has 2 aromatic heterocycles. The topological polar surface area (TPSA) is 210 Å². The minimum atomic E-state index is -4.82. The van der Waals surface area contributed by atoms with Crippen LogP contribution in [0.5, 0.6) is 57.5 Å². The minimum absolute atomic E-state index is 0.0464. The molecule has 2 aliphatic heterocycles. The number of hydrogen-bond donors (Lipinski definition) is 2. The Morgan fingerprint density at radius 2 is 0.868 bits per heavy atom. The molecule has 0 spiro atoms. The Bertz CT molecular complexity index is 2300. The number of aromatic nitrogens is 6. The molecule has 0 radical (unpaired) electrons. The number of rotatable bonds is 12. The van der Waals surface area contributed by atoms with Crippen LogP contribution in [0.1, 0.15) is 0 Å². The van der Waals surface area contributed by atoms with Crippen molar-refractivity contribution in [3.05, 3.63) is 60.7 Å². The number of fused-ring (bicyclic) bond motifs is 2. The number of nitrogens with one attached hydrogen (secondary N) is 2. The van der Waals surface area contributed by atoms with Gasteiger partial charge in [0.05, 0.1) is 28.4 Å². The molecule has 0 saturated heterocycles. The molecule has 19 heteroatoms. The van der Waals surface area contributed by atoms with Gasteiger partial charge in [-0.3, -0.25) is 0 Å². The number of H-pyrrole nitrogens is 2. The summed E-state index contributed by atoms with van der Waals surface area (Å²) >= 11 is 0. The van der Waals surface area contributed by atoms with Crippen LogP contribution in [-0.2, 0) is 10.4 Å². The van der Waals surface area contributed by atoms with Crippen molar-refractivity contribution in [2.24, 2.45) is 0 Å². The summed E-state index contributed by atoms with van der Waals surface area (Å²) in [6.45, 7) is 0.0928. The molecule has 6 aromatic rings. The Morgan fingerprint density at radius 1 is 0.491 bits per heavy atom. The fraction of sp³-hybridized carbons (Fsp3) is 0.176. The zero-order valence-electron chi connectivity index (χ0n) is 28.3. The molecule has 4 aromatic carbocycles. The van der Waals surface area contributed by atoms with Gasteiger partial charge in [-0.1, -0.05) is 0 Å². The van der Waals surface area contributed by atoms with Gasteiger partial charge in [0.1, 0.15) is 22.8 Å². The largest absolute Gasteiger partial charge is 0.501 e. The molecule has 18 nitrogen and oxygen atoms in total. The van der Waals surface area contributed by atoms with Gasteiger partial charge >= 0.3 is 10.4 Å². The average Bonchev–Trinajstić information content (AvgIpc) is 4.00. The second-order valence-electron chi connectivity index (χ2n) is 11.2. The van der Waals surface area contributed by atoms with E-state index in [0.29, 0.717) is 79.5 Å². The summed E-state index contributed by atoms with van der Waals surface area (Å²) in [6, 6.07) is 16.2. The Morgan fingerprint density at radius 3 is 1.26 bits per heavy atom. The van der Waals surface area contributed by atoms with E-state index in [-0.39, 0.29) is 36.6 Å². The van der Waals surface area contributed by atoms with Crippen molar-refractivity contribution >= 4 is 10.4 Å². The van der Waals surface area contributed by atoms with Gasteiger partial charge < -0.3 is 46.3 Å². The molecule has 2 N–H and O–H groups in total. The van der Waals surface area contributed by atoms with Crippen molar-refractivity contribution in [2.75, 3.05) is 42.0 Å². The highest BCUT2D eigenvalue weighted by molar-refractivity contribution is 7.82. The molecule has 2 aliphatic rings. The third kappa shape index (κ3) is 6.11. The van der Waals surface area contributed by atoms with Crippen LogP contribution in [-0.4, -0.2) is 81.3 Å². The Labute approximate surface area is 300 Å². The monoisotopic (exact) mass is 744 g/mol. The van der Waals surface area contributed by atoms with Gasteiger partial charge in [-0.2, -0.15) is 30.8 Å². The van der Waals surface area contributed by atoms with Crippen LogP contribution in [0.15, 0.2) is 60.7 Å². The highest BCUT2D eigenvalue weighted by atomic mass is 32.3. The highest BCUT2D eigenvalue weighted by Gasteiger charge is 2.27. The fourth-order valence-electron chi connectivity index (χ4n) is 5.81. The summed E-state index contributed by atoms with van der Waals surface area (Å²) in [5.41, 5.74) is 3.66. The maximum absolute atomic E-state index is 13.5. The number of aromatic amines is 2. The Kier molecular flexibility index (Phi) is 8.37. The molecule has 0 unspecified atom stereocenters. The van der Waals surface area contributed by atoms with Crippen LogP contribution in [0.25, 0.3) is 45.0 Å². The normalized spacial score (nSPS) is 12.8. The maximum atomic E-state index is 13.5. The van der Waals surface area contributed by atoms with Crippen molar-refractivity contribution in [3.8, 4) is 103 Å². The Hall–Kier alpha value is -6.89. The van der Waals surface area contributed by atoms with Crippen molar-refractivity contribution in [1.82, 2.24) is 30.8 Å². The Balaban J connectivity index is 1.09. The predicted octanol–water partition coefficient (Wildman–Crippen LogP) is 4.79. The summed E-state index contributed by atoms with van der Waals surface area (Å²) < 4.78 is 82.0. The smallest absolute Gasteiger partial charge is 0.493 e. The highest BCUT2D eigenvalue weighted by Crippen LogP contribution is 2.47. The van der Waals surface area contributed by atoms with Gasteiger partial charge in [0.2, 0.25) is 25.1 Å². The van der Waals surface area contributed by atoms with E-state index in [4.69, 9.17) is 46.3 Å². The molecular formula is C34H28N6O12S. The zero-order valence-corrected chi connectivity index (χ0v) is 29.1. The fourth-order valence-corrected chi connectivity index (χ4v) is 6.55. The van der Waals surface area contributed by atoms with Crippen LogP contribution in [0.3, 0.4) is 0 Å². The molecule has 0 atom stereocenters. The van der Waals surface area contributed by atoms with Crippen LogP contribution in [0, 0.1) is 0 Å². The van der Waals surface area contributed by atoms with Crippen molar-refractivity contribution in [1.29, 1.82) is 0 Å². The van der Waals surface area contributed by atoms with E-state index in [2.05, 4.69) is 30.8 Å². The maximum Gasteiger partial charge on any atom is 0.501 e. The van der Waals surface area contributed by atoms with E-state index in [1.54, 1.807) is 36.4 Å². The molecule has 0 saturated carbocycles. The second-order valence-corrected chi connectivity index (χ2v) is 12.3. The van der Waals surface area contributed by atoms with Crippen LogP contribution in [0.4, 0.5) is 0 Å². The van der Waals surface area contributed by atoms with Crippen molar-refractivity contribution in [2.45, 2.75) is 0 Å². The van der Waals surface area contributed by atoms with Gasteiger partial charge in [-0.25, -0.2) is 0 Å². The first-order chi connectivity index (χ1) is 25.8. The summed E-state index contributed by atoms with van der Waals surface area (Å²) in [4.78, 5) is 0. The molecule has 272 valence electrons. The van der Waals surface area contributed by atoms with E-state index < -0.39 is 10.4 Å². The SMILES string of the molecule is COc1ccc(-c2n[nH]nc2-c2cc(OC)c3c(c2)OCO3)cc1OS(=O)(=O)Oc1cc(-c2n[nH]nc2-c2cc(OC)c3c(c2)OCO3)ccc1OC. The number of ether oxygens (including phenoxy) is 8. The summed E-state index contributed by atoms with van der Waals surface area (Å²) in [7, 11) is 0.936. The number of hydrogen-bond acceptors (Lipinski definition) is 16. The van der Waals surface area contributed by atoms with Gasteiger partial charge in [0.15, 0.2) is 46.0 Å². The average molecular weight is 745 g/mol. The first kappa shape index (κ1) is 33.3. The lowest BCUT2D eigenvalue weighted by Gasteiger charge is -2.14. The number of methoxy groups -OCH3 is 4. The lowest BCUT2D eigenvalue weighted by atomic mass is 10.0. The van der Waals surface area contributed by atoms with Crippen LogP contribution >= 0.6 is 0 Å². The molecule has 53 heavy (non-hydrogen) atoms. The van der Waals surface area contributed by atoms with E-state index in [1.165, 1.54) is 52.7 Å². The third-order valence-electron chi connectivity index (χ3n) is 8.22. The van der Waals surface area contributed by atoms with Gasteiger partial charge in [-0.15, -0.1) is 8.42 Å². The van der Waals surface area contributed by atoms with Crippen LogP contribution < -0.4 is 46.3 Å². The van der Waals surface area contributed by atoms with Crippen molar-refractivity contribution < 1.29 is 54.7 Å².